The molecule has 2 aromatic carbocycles. The normalized spacial score (nSPS) is 20.2. The summed E-state index contributed by atoms with van der Waals surface area (Å²) in [5.74, 6) is -14.6. The maximum absolute atomic E-state index is 14.8. The Hall–Kier alpha value is -3.19. The molecule has 1 aliphatic heterocycles. The molecule has 34 heavy (non-hydrogen) atoms. The van der Waals surface area contributed by atoms with Gasteiger partial charge in [-0.25, -0.2) is 0 Å². The van der Waals surface area contributed by atoms with Gasteiger partial charge >= 0.3 is 18.0 Å². The topological polar surface area (TPSA) is 82.4 Å². The van der Waals surface area contributed by atoms with E-state index >= 15 is 0 Å². The molecule has 2 N–H and O–H groups in total. The van der Waals surface area contributed by atoms with Crippen molar-refractivity contribution in [3.8, 4) is 5.75 Å². The number of benzene rings is 2. The molecule has 1 heterocycles. The van der Waals surface area contributed by atoms with E-state index in [1.165, 1.54) is 61.7 Å². The summed E-state index contributed by atoms with van der Waals surface area (Å²) >= 11 is 0. The number of methoxy groups -OCH3 is 1. The lowest BCUT2D eigenvalue weighted by molar-refractivity contribution is -0.401. The van der Waals surface area contributed by atoms with E-state index in [-0.39, 0.29) is 11.1 Å². The molecule has 1 aliphatic rings. The zero-order valence-corrected chi connectivity index (χ0v) is 17.2. The van der Waals surface area contributed by atoms with E-state index in [9.17, 15) is 45.7 Å². The van der Waals surface area contributed by atoms with E-state index < -0.39 is 52.9 Å². The van der Waals surface area contributed by atoms with Crippen molar-refractivity contribution in [2.24, 2.45) is 5.10 Å². The Labute approximate surface area is 187 Å². The molecule has 0 spiro atoms. The van der Waals surface area contributed by atoms with Crippen molar-refractivity contribution in [2.75, 3.05) is 7.11 Å². The highest BCUT2D eigenvalue weighted by atomic mass is 19.4. The van der Waals surface area contributed by atoms with E-state index in [2.05, 4.69) is 5.10 Å². The third kappa shape index (κ3) is 3.98. The second kappa shape index (κ2) is 8.55. The molecule has 0 aromatic heterocycles. The lowest BCUT2D eigenvalue weighted by Crippen LogP contribution is -2.69. The first-order chi connectivity index (χ1) is 15.7. The molecule has 0 saturated heterocycles. The van der Waals surface area contributed by atoms with Crippen molar-refractivity contribution in [2.45, 2.75) is 36.3 Å². The fourth-order valence-electron chi connectivity index (χ4n) is 3.29. The van der Waals surface area contributed by atoms with Crippen molar-refractivity contribution >= 4 is 11.6 Å². The van der Waals surface area contributed by atoms with E-state index in [0.29, 0.717) is 5.75 Å². The fourth-order valence-corrected chi connectivity index (χ4v) is 3.29. The first kappa shape index (κ1) is 25.4. The molecular weight excluding hydrogens is 477 g/mol. The number of carbonyl (C=O) groups is 1. The predicted octanol–water partition coefficient (Wildman–Crippen LogP) is 3.89. The van der Waals surface area contributed by atoms with Crippen LogP contribution in [0.15, 0.2) is 59.7 Å². The summed E-state index contributed by atoms with van der Waals surface area (Å²) in [7, 11) is 1.31. The quantitative estimate of drug-likeness (QED) is 0.598. The maximum Gasteiger partial charge on any atom is 0.460 e. The van der Waals surface area contributed by atoms with Crippen molar-refractivity contribution < 1.29 is 50.5 Å². The van der Waals surface area contributed by atoms with Crippen LogP contribution in [0.3, 0.4) is 0 Å². The van der Waals surface area contributed by atoms with Crippen LogP contribution < -0.4 is 4.74 Å². The minimum absolute atomic E-state index is 0.0742. The molecule has 0 saturated carbocycles. The average molecular weight is 494 g/mol. The number of rotatable bonds is 6. The second-order valence-corrected chi connectivity index (χ2v) is 7.38. The smallest absolute Gasteiger partial charge is 0.460 e. The molecule has 0 unspecified atom stereocenters. The Morgan fingerprint density at radius 2 is 1.59 bits per heavy atom. The van der Waals surface area contributed by atoms with Gasteiger partial charge in [-0.3, -0.25) is 4.79 Å². The third-order valence-corrected chi connectivity index (χ3v) is 5.22. The fraction of sp³-hybridized carbons (Fsp3) is 0.333. The minimum atomic E-state index is -6.78. The first-order valence-electron chi connectivity index (χ1n) is 9.51. The van der Waals surface area contributed by atoms with Crippen molar-refractivity contribution in [1.82, 2.24) is 5.01 Å². The number of carbonyl (C=O) groups excluding carboxylic acids is 1. The third-order valence-electron chi connectivity index (χ3n) is 5.22. The van der Waals surface area contributed by atoms with Crippen LogP contribution in [0.25, 0.3) is 0 Å². The molecule has 0 bridgehead atoms. The Morgan fingerprint density at radius 1 is 1.03 bits per heavy atom. The average Bonchev–Trinajstić information content (AvgIpc) is 3.17. The van der Waals surface area contributed by atoms with E-state index in [1.807, 2.05) is 0 Å². The molecular formula is C21H17F7N2O4. The highest BCUT2D eigenvalue weighted by Crippen LogP contribution is 2.55. The molecule has 2 aromatic rings. The largest absolute Gasteiger partial charge is 0.497 e. The number of ether oxygens (including phenoxy) is 1. The highest BCUT2D eigenvalue weighted by Gasteiger charge is 2.82. The Bertz CT molecular complexity index is 1070. The van der Waals surface area contributed by atoms with Gasteiger partial charge in [0, 0.05) is 6.42 Å². The molecule has 3 rings (SSSR count). The number of hydrogen-bond acceptors (Lipinski definition) is 5. The Balaban J connectivity index is 2.12. The number of hydrogen-bond donors (Lipinski definition) is 2. The van der Waals surface area contributed by atoms with Crippen LogP contribution >= 0.6 is 0 Å². The van der Waals surface area contributed by atoms with Gasteiger partial charge in [0.25, 0.3) is 5.91 Å². The summed E-state index contributed by atoms with van der Waals surface area (Å²) in [6.07, 6.45) is -10.7. The van der Waals surface area contributed by atoms with Crippen molar-refractivity contribution in [3.05, 3.63) is 65.7 Å². The zero-order chi connectivity index (χ0) is 25.5. The molecule has 184 valence electrons. The second-order valence-electron chi connectivity index (χ2n) is 7.38. The number of hydrazone groups is 1. The molecule has 2 atom stereocenters. The van der Waals surface area contributed by atoms with E-state index in [4.69, 9.17) is 4.74 Å². The number of aliphatic hydroxyl groups excluding tert-OH is 1. The van der Waals surface area contributed by atoms with Crippen LogP contribution in [0.5, 0.6) is 5.75 Å². The Kier molecular flexibility index (Phi) is 6.39. The minimum Gasteiger partial charge on any atom is -0.497 e. The number of amides is 1. The first-order valence-corrected chi connectivity index (χ1v) is 9.51. The molecule has 0 aliphatic carbocycles. The van der Waals surface area contributed by atoms with Crippen LogP contribution in [0.4, 0.5) is 30.7 Å². The summed E-state index contributed by atoms with van der Waals surface area (Å²) < 4.78 is 101. The van der Waals surface area contributed by atoms with Crippen molar-refractivity contribution in [3.63, 3.8) is 0 Å². The van der Waals surface area contributed by atoms with Crippen LogP contribution in [-0.2, 0) is 4.79 Å². The van der Waals surface area contributed by atoms with Gasteiger partial charge in [-0.05, 0) is 35.4 Å². The number of halogens is 7. The molecule has 1 amide bonds. The summed E-state index contributed by atoms with van der Waals surface area (Å²) in [6, 6.07) is 11.6. The Morgan fingerprint density at radius 3 is 2.09 bits per heavy atom. The predicted molar refractivity (Wildman–Crippen MR) is 103 cm³/mol. The van der Waals surface area contributed by atoms with Crippen LogP contribution in [0, 0.1) is 0 Å². The van der Waals surface area contributed by atoms with Gasteiger partial charge < -0.3 is 14.9 Å². The number of alkyl halides is 7. The molecule has 0 radical (unpaired) electrons. The van der Waals surface area contributed by atoms with Crippen LogP contribution in [0.1, 0.15) is 23.7 Å². The lowest BCUT2D eigenvalue weighted by Gasteiger charge is -2.41. The summed E-state index contributed by atoms with van der Waals surface area (Å²) in [5, 5.41) is 23.7. The van der Waals surface area contributed by atoms with E-state index in [0.717, 1.165) is 0 Å². The van der Waals surface area contributed by atoms with E-state index in [1.54, 1.807) is 0 Å². The van der Waals surface area contributed by atoms with Gasteiger partial charge in [-0.1, -0.05) is 30.3 Å². The van der Waals surface area contributed by atoms with Gasteiger partial charge in [0.15, 0.2) is 6.10 Å². The van der Waals surface area contributed by atoms with Gasteiger partial charge in [0.2, 0.25) is 5.72 Å². The highest BCUT2D eigenvalue weighted by molar-refractivity contribution is 6.04. The standard InChI is InChI=1S/C21H17F7N2O4/c1-34-14-9-7-12(8-10-14)15-11-18(33,19(22,23)20(24,25)21(26,27)28)30(29-15)17(32)16(31)13-5-3-2-4-6-13/h2-10,16,31,33H,11H2,1H3/t16-,18+/m0/s1. The van der Waals surface area contributed by atoms with Crippen LogP contribution in [0.2, 0.25) is 0 Å². The summed E-state index contributed by atoms with van der Waals surface area (Å²) in [5.41, 5.74) is -5.34. The lowest BCUT2D eigenvalue weighted by atomic mass is 9.91. The SMILES string of the molecule is COc1ccc(C2=NN(C(=O)[C@@H](O)c3ccccc3)[C@](O)(C(F)(F)C(F)(F)C(F)(F)F)C2)cc1. The molecule has 13 heteroatoms. The van der Waals surface area contributed by atoms with Crippen LogP contribution in [-0.4, -0.2) is 57.7 Å². The summed E-state index contributed by atoms with van der Waals surface area (Å²) in [6.45, 7) is 0. The molecule has 0 fully saturated rings. The van der Waals surface area contributed by atoms with Gasteiger partial charge in [0.1, 0.15) is 5.75 Å². The molecule has 6 nitrogen and oxygen atoms in total. The van der Waals surface area contributed by atoms with Gasteiger partial charge in [-0.15, -0.1) is 0 Å². The number of aliphatic hydroxyl groups is 2. The van der Waals surface area contributed by atoms with Crippen molar-refractivity contribution in [1.29, 1.82) is 0 Å². The summed E-state index contributed by atoms with van der Waals surface area (Å²) in [4.78, 5) is 12.8. The maximum atomic E-state index is 14.8. The van der Waals surface area contributed by atoms with Gasteiger partial charge in [-0.2, -0.15) is 40.8 Å². The number of nitrogens with zero attached hydrogens (tertiary/aromatic N) is 2. The van der Waals surface area contributed by atoms with Gasteiger partial charge in [0.05, 0.1) is 12.8 Å². The zero-order valence-electron chi connectivity index (χ0n) is 17.2. The monoisotopic (exact) mass is 494 g/mol.